The molecular formula is C14H22N2OS. The van der Waals surface area contributed by atoms with Crippen molar-refractivity contribution >= 4 is 17.2 Å². The van der Waals surface area contributed by atoms with Crippen LogP contribution in [0.4, 0.5) is 0 Å². The largest absolute Gasteiger partial charge is 0.335 e. The van der Waals surface area contributed by atoms with Gasteiger partial charge in [-0.15, -0.1) is 0 Å². The van der Waals surface area contributed by atoms with Crippen molar-refractivity contribution in [1.29, 1.82) is 0 Å². The Morgan fingerprint density at radius 1 is 1.67 bits per heavy atom. The predicted molar refractivity (Wildman–Crippen MR) is 75.5 cm³/mol. The van der Waals surface area contributed by atoms with E-state index in [1.165, 1.54) is 5.56 Å². The summed E-state index contributed by atoms with van der Waals surface area (Å²) < 4.78 is 0. The van der Waals surface area contributed by atoms with Gasteiger partial charge in [-0.3, -0.25) is 4.79 Å². The number of carbonyl (C=O) groups is 1. The highest BCUT2D eigenvalue weighted by Crippen LogP contribution is 2.34. The fourth-order valence-electron chi connectivity index (χ4n) is 2.67. The van der Waals surface area contributed by atoms with Crippen LogP contribution in [0.3, 0.4) is 0 Å². The first kappa shape index (κ1) is 13.6. The van der Waals surface area contributed by atoms with Gasteiger partial charge >= 0.3 is 0 Å². The molecule has 0 spiro atoms. The molecule has 1 aromatic heterocycles. The monoisotopic (exact) mass is 266 g/mol. The second-order valence-electron chi connectivity index (χ2n) is 5.08. The molecule has 1 saturated heterocycles. The first-order valence-corrected chi connectivity index (χ1v) is 7.71. The van der Waals surface area contributed by atoms with Crippen molar-refractivity contribution < 1.29 is 4.79 Å². The summed E-state index contributed by atoms with van der Waals surface area (Å²) in [4.78, 5) is 14.5. The summed E-state index contributed by atoms with van der Waals surface area (Å²) in [6.07, 6.45) is 4.06. The molecular weight excluding hydrogens is 244 g/mol. The van der Waals surface area contributed by atoms with E-state index in [1.807, 2.05) is 6.92 Å². The van der Waals surface area contributed by atoms with Crippen molar-refractivity contribution in [3.63, 3.8) is 0 Å². The molecule has 2 unspecified atom stereocenters. The Morgan fingerprint density at radius 3 is 3.17 bits per heavy atom. The average molecular weight is 266 g/mol. The average Bonchev–Trinajstić information content (AvgIpc) is 3.03. The molecule has 1 aliphatic rings. The van der Waals surface area contributed by atoms with Gasteiger partial charge in [0.15, 0.2) is 0 Å². The smallest absolute Gasteiger partial charge is 0.225 e. The van der Waals surface area contributed by atoms with Gasteiger partial charge in [0.25, 0.3) is 0 Å². The van der Waals surface area contributed by atoms with Crippen molar-refractivity contribution in [2.24, 2.45) is 11.7 Å². The molecule has 100 valence electrons. The molecule has 0 radical (unpaired) electrons. The number of amides is 1. The molecule has 3 nitrogen and oxygen atoms in total. The van der Waals surface area contributed by atoms with Gasteiger partial charge in [-0.2, -0.15) is 11.3 Å². The van der Waals surface area contributed by atoms with Gasteiger partial charge in [-0.25, -0.2) is 0 Å². The summed E-state index contributed by atoms with van der Waals surface area (Å²) in [7, 11) is 0. The number of rotatable bonds is 5. The third-order valence-electron chi connectivity index (χ3n) is 3.73. The summed E-state index contributed by atoms with van der Waals surface area (Å²) in [5.41, 5.74) is 6.81. The van der Waals surface area contributed by atoms with Crippen LogP contribution in [0.2, 0.25) is 0 Å². The SMILES string of the molecule is CC(CCCN)C(=O)N1CCCC1c1ccsc1. The molecule has 0 aromatic carbocycles. The molecule has 1 aliphatic heterocycles. The van der Waals surface area contributed by atoms with E-state index >= 15 is 0 Å². The molecule has 2 atom stereocenters. The summed E-state index contributed by atoms with van der Waals surface area (Å²) in [5.74, 6) is 0.407. The zero-order valence-electron chi connectivity index (χ0n) is 11.0. The first-order chi connectivity index (χ1) is 8.74. The van der Waals surface area contributed by atoms with Crippen LogP contribution in [0.15, 0.2) is 16.8 Å². The van der Waals surface area contributed by atoms with Gasteiger partial charge in [-0.1, -0.05) is 6.92 Å². The normalized spacial score (nSPS) is 21.2. The highest BCUT2D eigenvalue weighted by Gasteiger charge is 2.32. The van der Waals surface area contributed by atoms with E-state index in [-0.39, 0.29) is 5.92 Å². The first-order valence-electron chi connectivity index (χ1n) is 6.76. The maximum absolute atomic E-state index is 12.4. The lowest BCUT2D eigenvalue weighted by atomic mass is 10.0. The van der Waals surface area contributed by atoms with Crippen LogP contribution in [-0.2, 0) is 4.79 Å². The Morgan fingerprint density at radius 2 is 2.50 bits per heavy atom. The minimum Gasteiger partial charge on any atom is -0.335 e. The molecule has 0 aliphatic carbocycles. The maximum Gasteiger partial charge on any atom is 0.225 e. The van der Waals surface area contributed by atoms with Gasteiger partial charge in [0.1, 0.15) is 0 Å². The molecule has 2 heterocycles. The van der Waals surface area contributed by atoms with E-state index in [9.17, 15) is 4.79 Å². The van der Waals surface area contributed by atoms with Crippen molar-refractivity contribution in [3.8, 4) is 0 Å². The Kier molecular flexibility index (Phi) is 4.78. The summed E-state index contributed by atoms with van der Waals surface area (Å²) in [6, 6.07) is 2.45. The lowest BCUT2D eigenvalue weighted by molar-refractivity contribution is -0.136. The Labute approximate surface area is 113 Å². The predicted octanol–water partition coefficient (Wildman–Crippen LogP) is 2.79. The Hall–Kier alpha value is -0.870. The van der Waals surface area contributed by atoms with Crippen LogP contribution in [0.1, 0.15) is 44.2 Å². The number of carbonyl (C=O) groups excluding carboxylic acids is 1. The lowest BCUT2D eigenvalue weighted by Gasteiger charge is -2.27. The van der Waals surface area contributed by atoms with Crippen LogP contribution in [0.5, 0.6) is 0 Å². The third-order valence-corrected chi connectivity index (χ3v) is 4.43. The van der Waals surface area contributed by atoms with Gasteiger partial charge < -0.3 is 10.6 Å². The quantitative estimate of drug-likeness (QED) is 0.890. The van der Waals surface area contributed by atoms with E-state index in [1.54, 1.807) is 11.3 Å². The number of nitrogens with two attached hydrogens (primary N) is 1. The van der Waals surface area contributed by atoms with Gasteiger partial charge in [0.05, 0.1) is 6.04 Å². The van der Waals surface area contributed by atoms with E-state index in [0.29, 0.717) is 18.5 Å². The molecule has 2 N–H and O–H groups in total. The molecule has 0 saturated carbocycles. The second-order valence-corrected chi connectivity index (χ2v) is 5.86. The maximum atomic E-state index is 12.4. The Balaban J connectivity index is 2.00. The Bertz CT molecular complexity index is 377. The van der Waals surface area contributed by atoms with Crippen LogP contribution < -0.4 is 5.73 Å². The second kappa shape index (κ2) is 6.34. The van der Waals surface area contributed by atoms with E-state index in [0.717, 1.165) is 32.2 Å². The highest BCUT2D eigenvalue weighted by atomic mass is 32.1. The van der Waals surface area contributed by atoms with Gasteiger partial charge in [-0.05, 0) is 54.6 Å². The summed E-state index contributed by atoms with van der Waals surface area (Å²) in [5, 5.41) is 4.26. The molecule has 4 heteroatoms. The molecule has 1 fully saturated rings. The van der Waals surface area contributed by atoms with Crippen molar-refractivity contribution in [2.75, 3.05) is 13.1 Å². The number of hydrogen-bond donors (Lipinski definition) is 1. The van der Waals surface area contributed by atoms with Crippen molar-refractivity contribution in [1.82, 2.24) is 4.90 Å². The minimum atomic E-state index is 0.104. The number of hydrogen-bond acceptors (Lipinski definition) is 3. The van der Waals surface area contributed by atoms with Crippen molar-refractivity contribution in [2.45, 2.75) is 38.6 Å². The fourth-order valence-corrected chi connectivity index (χ4v) is 3.38. The topological polar surface area (TPSA) is 46.3 Å². The van der Waals surface area contributed by atoms with Crippen LogP contribution in [-0.4, -0.2) is 23.9 Å². The standard InChI is InChI=1S/C14H22N2OS/c1-11(4-2-7-15)14(17)16-8-3-5-13(16)12-6-9-18-10-12/h6,9-11,13H,2-5,7-8,15H2,1H3. The van der Waals surface area contributed by atoms with E-state index < -0.39 is 0 Å². The molecule has 1 aromatic rings. The zero-order chi connectivity index (χ0) is 13.0. The highest BCUT2D eigenvalue weighted by molar-refractivity contribution is 7.07. The number of thiophene rings is 1. The number of likely N-dealkylation sites (tertiary alicyclic amines) is 1. The van der Waals surface area contributed by atoms with E-state index in [2.05, 4.69) is 21.7 Å². The zero-order valence-corrected chi connectivity index (χ0v) is 11.8. The minimum absolute atomic E-state index is 0.104. The van der Waals surface area contributed by atoms with Crippen LogP contribution in [0.25, 0.3) is 0 Å². The van der Waals surface area contributed by atoms with Crippen LogP contribution >= 0.6 is 11.3 Å². The van der Waals surface area contributed by atoms with E-state index in [4.69, 9.17) is 5.73 Å². The van der Waals surface area contributed by atoms with Crippen LogP contribution in [0, 0.1) is 5.92 Å². The van der Waals surface area contributed by atoms with Gasteiger partial charge in [0, 0.05) is 12.5 Å². The van der Waals surface area contributed by atoms with Crippen molar-refractivity contribution in [3.05, 3.63) is 22.4 Å². The number of nitrogens with zero attached hydrogens (tertiary/aromatic N) is 1. The lowest BCUT2D eigenvalue weighted by Crippen LogP contribution is -2.34. The molecule has 1 amide bonds. The van der Waals surface area contributed by atoms with Gasteiger partial charge in [0.2, 0.25) is 5.91 Å². The molecule has 0 bridgehead atoms. The third kappa shape index (κ3) is 2.93. The fraction of sp³-hybridized carbons (Fsp3) is 0.643. The summed E-state index contributed by atoms with van der Waals surface area (Å²) in [6.45, 7) is 3.61. The molecule has 18 heavy (non-hydrogen) atoms. The summed E-state index contributed by atoms with van der Waals surface area (Å²) >= 11 is 1.71. The molecule has 2 rings (SSSR count).